The number of nitrogens with two attached hydrogens (primary N) is 1. The Labute approximate surface area is 223 Å². The van der Waals surface area contributed by atoms with Gasteiger partial charge in [-0.2, -0.15) is 0 Å². The Kier molecular flexibility index (Phi) is 8.03. The van der Waals surface area contributed by atoms with Gasteiger partial charge < -0.3 is 10.8 Å². The van der Waals surface area contributed by atoms with Gasteiger partial charge in [0.05, 0.1) is 6.10 Å². The molecule has 0 aromatic heterocycles. The van der Waals surface area contributed by atoms with Crippen LogP contribution in [0.1, 0.15) is 133 Å². The highest BCUT2D eigenvalue weighted by molar-refractivity contribution is 5.42. The van der Waals surface area contributed by atoms with Crippen molar-refractivity contribution in [3.63, 3.8) is 0 Å². The van der Waals surface area contributed by atoms with Crippen LogP contribution in [0.2, 0.25) is 0 Å². The lowest BCUT2D eigenvalue weighted by Crippen LogP contribution is -2.64. The zero-order valence-corrected chi connectivity index (χ0v) is 25.5. The van der Waals surface area contributed by atoms with Crippen LogP contribution in [0.15, 0.2) is 11.6 Å². The minimum Gasteiger partial charge on any atom is -0.393 e. The first-order valence-electron chi connectivity index (χ1n) is 15.2. The van der Waals surface area contributed by atoms with Gasteiger partial charge in [0, 0.05) is 0 Å². The third-order valence-electron chi connectivity index (χ3n) is 13.0. The number of hydrogen-bond acceptors (Lipinski definition) is 2. The van der Waals surface area contributed by atoms with Gasteiger partial charge in [-0.3, -0.25) is 4.79 Å². The molecular weight excluding hydrogens is 442 g/mol. The Morgan fingerprint density at radius 1 is 0.861 bits per heavy atom. The standard InChI is InChI=1S/C30H50O.C2H6.CH3NO/c1-25(2)15-16-27(5)17-18-29(7)20(21(27)19-25)9-10-23-28(6)13-12-24(31)26(3,4)22(28)11-14-30(23,29)8;1-2;2-1-3/h9,21-24,31H,10-19H2,1-8H3;1-2H3;1H,(H2,2,3)/t21?,22?,23?,24?,27?,28?,29-,30?;;/m1../s1. The molecule has 208 valence electrons. The molecule has 36 heavy (non-hydrogen) atoms. The number of hydrogen-bond donors (Lipinski definition) is 2. The van der Waals surface area contributed by atoms with E-state index in [1.807, 2.05) is 19.4 Å². The number of aliphatic hydroxyl groups is 1. The van der Waals surface area contributed by atoms with E-state index in [9.17, 15) is 5.11 Å². The van der Waals surface area contributed by atoms with Gasteiger partial charge >= 0.3 is 0 Å². The van der Waals surface area contributed by atoms with E-state index in [1.165, 1.54) is 57.8 Å². The molecule has 1 amide bonds. The molecule has 4 saturated carbocycles. The van der Waals surface area contributed by atoms with E-state index in [0.717, 1.165) is 18.3 Å². The van der Waals surface area contributed by atoms with Gasteiger partial charge in [-0.05, 0) is 114 Å². The number of carbonyl (C=O) groups excluding carboxylic acids is 1. The summed E-state index contributed by atoms with van der Waals surface area (Å²) >= 11 is 0. The second-order valence-corrected chi connectivity index (χ2v) is 15.4. The van der Waals surface area contributed by atoms with Crippen molar-refractivity contribution in [1.29, 1.82) is 0 Å². The van der Waals surface area contributed by atoms with Crippen LogP contribution in [0, 0.1) is 50.2 Å². The van der Waals surface area contributed by atoms with Crippen LogP contribution in [-0.4, -0.2) is 17.6 Å². The third-order valence-corrected chi connectivity index (χ3v) is 13.0. The summed E-state index contributed by atoms with van der Waals surface area (Å²) in [6.45, 7) is 24.4. The lowest BCUT2D eigenvalue weighted by atomic mass is 9.33. The van der Waals surface area contributed by atoms with Crippen LogP contribution in [0.25, 0.3) is 0 Å². The summed E-state index contributed by atoms with van der Waals surface area (Å²) in [5.74, 6) is 2.21. The summed E-state index contributed by atoms with van der Waals surface area (Å²) in [7, 11) is 0. The number of rotatable bonds is 0. The Bertz CT molecular complexity index is 845. The van der Waals surface area contributed by atoms with Gasteiger partial charge in [0.25, 0.3) is 0 Å². The molecule has 0 heterocycles. The average Bonchev–Trinajstić information content (AvgIpc) is 2.80. The molecule has 5 aliphatic rings. The summed E-state index contributed by atoms with van der Waals surface area (Å²) in [5.41, 5.74) is 8.26. The van der Waals surface area contributed by atoms with Crippen molar-refractivity contribution in [3.8, 4) is 0 Å². The zero-order valence-electron chi connectivity index (χ0n) is 25.5. The van der Waals surface area contributed by atoms with Crippen molar-refractivity contribution in [1.82, 2.24) is 0 Å². The van der Waals surface area contributed by atoms with Crippen LogP contribution in [0.3, 0.4) is 0 Å². The van der Waals surface area contributed by atoms with Crippen molar-refractivity contribution >= 4 is 6.41 Å². The second kappa shape index (κ2) is 9.73. The van der Waals surface area contributed by atoms with Crippen molar-refractivity contribution in [2.45, 2.75) is 140 Å². The number of fused-ring (bicyclic) bond motifs is 7. The van der Waals surface area contributed by atoms with Crippen molar-refractivity contribution in [2.75, 3.05) is 0 Å². The van der Waals surface area contributed by atoms with Gasteiger partial charge in [-0.1, -0.05) is 80.9 Å². The molecule has 0 spiro atoms. The van der Waals surface area contributed by atoms with E-state index in [-0.39, 0.29) is 17.9 Å². The lowest BCUT2D eigenvalue weighted by Gasteiger charge is -2.71. The summed E-state index contributed by atoms with van der Waals surface area (Å²) in [6.07, 6.45) is 16.1. The summed E-state index contributed by atoms with van der Waals surface area (Å²) < 4.78 is 0. The van der Waals surface area contributed by atoms with Gasteiger partial charge in [0.1, 0.15) is 0 Å². The largest absolute Gasteiger partial charge is 0.393 e. The van der Waals surface area contributed by atoms with Crippen molar-refractivity contribution < 1.29 is 9.90 Å². The molecule has 5 aliphatic carbocycles. The van der Waals surface area contributed by atoms with Crippen molar-refractivity contribution in [2.24, 2.45) is 56.0 Å². The van der Waals surface area contributed by atoms with E-state index in [4.69, 9.17) is 4.79 Å². The van der Waals surface area contributed by atoms with Gasteiger partial charge in [-0.25, -0.2) is 0 Å². The molecule has 8 atom stereocenters. The normalized spacial score (nSPS) is 48.0. The highest BCUT2D eigenvalue weighted by Gasteiger charge is 2.67. The topological polar surface area (TPSA) is 63.3 Å². The lowest BCUT2D eigenvalue weighted by molar-refractivity contribution is -0.202. The van der Waals surface area contributed by atoms with E-state index >= 15 is 0 Å². The van der Waals surface area contributed by atoms with Crippen LogP contribution in [-0.2, 0) is 4.79 Å². The van der Waals surface area contributed by atoms with E-state index < -0.39 is 0 Å². The minimum absolute atomic E-state index is 0.0533. The maximum atomic E-state index is 10.9. The van der Waals surface area contributed by atoms with Crippen LogP contribution < -0.4 is 5.73 Å². The number of allylic oxidation sites excluding steroid dienone is 2. The maximum absolute atomic E-state index is 10.9. The number of primary amides is 1. The highest BCUT2D eigenvalue weighted by atomic mass is 16.3. The van der Waals surface area contributed by atoms with Gasteiger partial charge in [0.2, 0.25) is 6.41 Å². The highest BCUT2D eigenvalue weighted by Crippen LogP contribution is 2.75. The quantitative estimate of drug-likeness (QED) is 0.259. The molecule has 0 aromatic rings. The molecule has 0 aliphatic heterocycles. The fourth-order valence-corrected chi connectivity index (χ4v) is 10.5. The fourth-order valence-electron chi connectivity index (χ4n) is 10.5. The van der Waals surface area contributed by atoms with Crippen molar-refractivity contribution in [3.05, 3.63) is 11.6 Å². The van der Waals surface area contributed by atoms with Crippen LogP contribution in [0.5, 0.6) is 0 Å². The number of amides is 1. The number of aliphatic hydroxyl groups excluding tert-OH is 1. The summed E-state index contributed by atoms with van der Waals surface area (Å²) in [4.78, 5) is 8.58. The van der Waals surface area contributed by atoms with E-state index in [1.54, 1.807) is 0 Å². The molecule has 3 nitrogen and oxygen atoms in total. The third kappa shape index (κ3) is 4.22. The Balaban J connectivity index is 0.000000674. The zero-order chi connectivity index (χ0) is 27.4. The van der Waals surface area contributed by atoms with E-state index in [0.29, 0.717) is 33.0 Å². The van der Waals surface area contributed by atoms with Gasteiger partial charge in [0.15, 0.2) is 0 Å². The first-order chi connectivity index (χ1) is 16.6. The molecule has 5 rings (SSSR count). The molecular formula is C33H59NO2. The smallest absolute Gasteiger partial charge is 0.204 e. The Morgan fingerprint density at radius 3 is 2.06 bits per heavy atom. The van der Waals surface area contributed by atoms with E-state index in [2.05, 4.69) is 67.2 Å². The molecule has 3 heteroatoms. The molecule has 7 unspecified atom stereocenters. The predicted octanol–water partition coefficient (Wildman–Crippen LogP) is 8.30. The second-order valence-electron chi connectivity index (χ2n) is 15.4. The van der Waals surface area contributed by atoms with Gasteiger partial charge in [-0.15, -0.1) is 0 Å². The first kappa shape index (κ1) is 29.7. The molecule has 0 aromatic carbocycles. The fraction of sp³-hybridized carbons (Fsp3) is 0.909. The Morgan fingerprint density at radius 2 is 1.44 bits per heavy atom. The maximum Gasteiger partial charge on any atom is 0.204 e. The SMILES string of the molecule is CC.CC1(C)CCC2(C)CC[C@]3(C)C(=CCC4C5(C)CCC(O)C(C)(C)C5CCC43C)C2C1.NC=O. The summed E-state index contributed by atoms with van der Waals surface area (Å²) in [5, 5.41) is 10.9. The predicted molar refractivity (Wildman–Crippen MR) is 152 cm³/mol. The average molecular weight is 502 g/mol. The number of carbonyl (C=O) groups is 1. The molecule has 4 fully saturated rings. The van der Waals surface area contributed by atoms with Crippen LogP contribution in [0.4, 0.5) is 0 Å². The van der Waals surface area contributed by atoms with Crippen LogP contribution >= 0.6 is 0 Å². The monoisotopic (exact) mass is 501 g/mol. The minimum atomic E-state index is -0.125. The molecule has 0 bridgehead atoms. The summed E-state index contributed by atoms with van der Waals surface area (Å²) in [6, 6.07) is 0. The molecule has 3 N–H and O–H groups in total. The first-order valence-corrected chi connectivity index (χ1v) is 15.2. The Hall–Kier alpha value is -0.830. The molecule has 0 radical (unpaired) electrons. The molecule has 0 saturated heterocycles.